The van der Waals surface area contributed by atoms with Crippen LogP contribution in [-0.2, 0) is 4.74 Å². The highest BCUT2D eigenvalue weighted by atomic mass is 127. The molecule has 0 aromatic heterocycles. The first-order valence-electron chi connectivity index (χ1n) is 5.53. The van der Waals surface area contributed by atoms with Crippen LogP contribution < -0.4 is 4.74 Å². The fraction of sp³-hybridized carbons (Fsp3) is 0.417. The minimum absolute atomic E-state index is 0.0502. The van der Waals surface area contributed by atoms with Crippen molar-refractivity contribution in [2.75, 3.05) is 33.4 Å². The molecule has 98 valence electrons. The third kappa shape index (κ3) is 2.74. The Morgan fingerprint density at radius 3 is 2.72 bits per heavy atom. The van der Waals surface area contributed by atoms with E-state index in [1.54, 1.807) is 4.90 Å². The average molecular weight is 365 g/mol. The van der Waals surface area contributed by atoms with Crippen LogP contribution in [0, 0.1) is 9.39 Å². The highest BCUT2D eigenvalue weighted by molar-refractivity contribution is 14.1. The Morgan fingerprint density at radius 1 is 1.44 bits per heavy atom. The van der Waals surface area contributed by atoms with Crippen molar-refractivity contribution in [2.45, 2.75) is 0 Å². The van der Waals surface area contributed by atoms with E-state index in [-0.39, 0.29) is 11.5 Å². The molecule has 1 saturated heterocycles. The van der Waals surface area contributed by atoms with Gasteiger partial charge in [-0.25, -0.2) is 4.39 Å². The number of amides is 1. The van der Waals surface area contributed by atoms with Crippen LogP contribution in [0.5, 0.6) is 5.75 Å². The monoisotopic (exact) mass is 365 g/mol. The van der Waals surface area contributed by atoms with Crippen molar-refractivity contribution in [2.24, 2.45) is 0 Å². The van der Waals surface area contributed by atoms with E-state index >= 15 is 0 Å². The number of halogens is 2. The van der Waals surface area contributed by atoms with Gasteiger partial charge in [-0.3, -0.25) is 4.79 Å². The Hall–Kier alpha value is -0.890. The molecule has 4 nitrogen and oxygen atoms in total. The summed E-state index contributed by atoms with van der Waals surface area (Å²) in [6.45, 7) is 1.98. The third-order valence-corrected chi connectivity index (χ3v) is 3.61. The molecule has 1 aromatic rings. The zero-order valence-electron chi connectivity index (χ0n) is 9.91. The summed E-state index contributed by atoms with van der Waals surface area (Å²) in [5.74, 6) is -0.323. The molecule has 1 heterocycles. The Kier molecular flexibility index (Phi) is 4.39. The number of rotatable bonds is 2. The van der Waals surface area contributed by atoms with Crippen LogP contribution in [0.25, 0.3) is 0 Å². The SMILES string of the molecule is COc1cc(C(=O)N2CCOCC2)c(F)cc1I. The van der Waals surface area contributed by atoms with E-state index in [2.05, 4.69) is 0 Å². The molecule has 6 heteroatoms. The van der Waals surface area contributed by atoms with Crippen LogP contribution in [0.1, 0.15) is 10.4 Å². The number of benzene rings is 1. The Morgan fingerprint density at radius 2 is 2.11 bits per heavy atom. The molecule has 1 aliphatic heterocycles. The molecule has 18 heavy (non-hydrogen) atoms. The van der Waals surface area contributed by atoms with Gasteiger partial charge < -0.3 is 14.4 Å². The van der Waals surface area contributed by atoms with Crippen LogP contribution in [0.2, 0.25) is 0 Å². The van der Waals surface area contributed by atoms with Gasteiger partial charge in [0.05, 0.1) is 29.5 Å². The van der Waals surface area contributed by atoms with Crippen molar-refractivity contribution < 1.29 is 18.7 Å². The van der Waals surface area contributed by atoms with Gasteiger partial charge in [0.15, 0.2) is 0 Å². The standard InChI is InChI=1S/C12H13FINO3/c1-17-11-6-8(9(13)7-10(11)14)12(16)15-2-4-18-5-3-15/h6-7H,2-5H2,1H3. The maximum atomic E-state index is 13.8. The molecule has 2 rings (SSSR count). The van der Waals surface area contributed by atoms with E-state index in [1.807, 2.05) is 22.6 Å². The molecular formula is C12H13FINO3. The quantitative estimate of drug-likeness (QED) is 0.752. The highest BCUT2D eigenvalue weighted by Gasteiger charge is 2.22. The minimum Gasteiger partial charge on any atom is -0.496 e. The summed E-state index contributed by atoms with van der Waals surface area (Å²) in [6, 6.07) is 2.77. The molecule has 0 saturated carbocycles. The zero-order valence-corrected chi connectivity index (χ0v) is 12.1. The van der Waals surface area contributed by atoms with Gasteiger partial charge in [0.1, 0.15) is 11.6 Å². The maximum absolute atomic E-state index is 13.8. The lowest BCUT2D eigenvalue weighted by molar-refractivity contribution is 0.0299. The summed E-state index contributed by atoms with van der Waals surface area (Å²) in [7, 11) is 1.50. The van der Waals surface area contributed by atoms with Gasteiger partial charge in [-0.05, 0) is 34.7 Å². The Bertz CT molecular complexity index is 461. The number of ether oxygens (including phenoxy) is 2. The molecule has 1 amide bonds. The number of carbonyl (C=O) groups is 1. The molecule has 0 radical (unpaired) electrons. The lowest BCUT2D eigenvalue weighted by atomic mass is 10.1. The zero-order chi connectivity index (χ0) is 13.1. The Labute approximate surface area is 118 Å². The number of nitrogens with zero attached hydrogens (tertiary/aromatic N) is 1. The number of morpholine rings is 1. The van der Waals surface area contributed by atoms with E-state index in [0.717, 1.165) is 0 Å². The summed E-state index contributed by atoms with van der Waals surface area (Å²) in [5, 5.41) is 0. The third-order valence-electron chi connectivity index (χ3n) is 2.77. The molecule has 0 N–H and O–H groups in total. The van der Waals surface area contributed by atoms with E-state index < -0.39 is 5.82 Å². The molecule has 1 aromatic carbocycles. The fourth-order valence-corrected chi connectivity index (χ4v) is 2.44. The molecule has 1 fully saturated rings. The topological polar surface area (TPSA) is 38.8 Å². The first-order chi connectivity index (χ1) is 8.63. The molecule has 0 aliphatic carbocycles. The largest absolute Gasteiger partial charge is 0.496 e. The van der Waals surface area contributed by atoms with E-state index in [1.165, 1.54) is 19.2 Å². The van der Waals surface area contributed by atoms with Crippen molar-refractivity contribution >= 4 is 28.5 Å². The highest BCUT2D eigenvalue weighted by Crippen LogP contribution is 2.25. The average Bonchev–Trinajstić information content (AvgIpc) is 2.39. The van der Waals surface area contributed by atoms with Crippen LogP contribution in [0.3, 0.4) is 0 Å². The van der Waals surface area contributed by atoms with Gasteiger partial charge in [-0.1, -0.05) is 0 Å². The molecule has 0 atom stereocenters. The van der Waals surface area contributed by atoms with Crippen molar-refractivity contribution in [1.29, 1.82) is 0 Å². The Balaban J connectivity index is 2.28. The van der Waals surface area contributed by atoms with Gasteiger partial charge in [0, 0.05) is 13.1 Å². The van der Waals surface area contributed by atoms with Gasteiger partial charge in [-0.2, -0.15) is 0 Å². The molecular weight excluding hydrogens is 352 g/mol. The van der Waals surface area contributed by atoms with Crippen molar-refractivity contribution in [3.8, 4) is 5.75 Å². The van der Waals surface area contributed by atoms with Gasteiger partial charge in [0.25, 0.3) is 5.91 Å². The van der Waals surface area contributed by atoms with Gasteiger partial charge in [-0.15, -0.1) is 0 Å². The van der Waals surface area contributed by atoms with Gasteiger partial charge in [0.2, 0.25) is 0 Å². The van der Waals surface area contributed by atoms with Crippen molar-refractivity contribution in [3.05, 3.63) is 27.1 Å². The van der Waals surface area contributed by atoms with E-state index in [4.69, 9.17) is 9.47 Å². The summed E-state index contributed by atoms with van der Waals surface area (Å²) in [6.07, 6.45) is 0. The van der Waals surface area contributed by atoms with Crippen molar-refractivity contribution in [1.82, 2.24) is 4.90 Å². The summed E-state index contributed by atoms with van der Waals surface area (Å²) >= 11 is 1.97. The second kappa shape index (κ2) is 5.83. The first-order valence-corrected chi connectivity index (χ1v) is 6.61. The van der Waals surface area contributed by atoms with Crippen LogP contribution in [0.4, 0.5) is 4.39 Å². The molecule has 0 bridgehead atoms. The normalized spacial score (nSPS) is 15.6. The first kappa shape index (κ1) is 13.5. The van der Waals surface area contributed by atoms with Crippen LogP contribution >= 0.6 is 22.6 Å². The number of hydrogen-bond donors (Lipinski definition) is 0. The summed E-state index contributed by atoms with van der Waals surface area (Å²) in [4.78, 5) is 13.8. The number of carbonyl (C=O) groups excluding carboxylic acids is 1. The fourth-order valence-electron chi connectivity index (χ4n) is 1.79. The molecule has 0 spiro atoms. The van der Waals surface area contributed by atoms with Crippen LogP contribution in [0.15, 0.2) is 12.1 Å². The molecule has 1 aliphatic rings. The van der Waals surface area contributed by atoms with E-state index in [9.17, 15) is 9.18 Å². The second-order valence-electron chi connectivity index (χ2n) is 3.87. The molecule has 0 unspecified atom stereocenters. The minimum atomic E-state index is -0.517. The lowest BCUT2D eigenvalue weighted by Gasteiger charge is -2.27. The maximum Gasteiger partial charge on any atom is 0.257 e. The van der Waals surface area contributed by atoms with Gasteiger partial charge >= 0.3 is 0 Å². The summed E-state index contributed by atoms with van der Waals surface area (Å²) in [5.41, 5.74) is 0.0502. The van der Waals surface area contributed by atoms with Crippen LogP contribution in [-0.4, -0.2) is 44.2 Å². The number of hydrogen-bond acceptors (Lipinski definition) is 3. The predicted octanol–water partition coefficient (Wildman–Crippen LogP) is 1.91. The second-order valence-corrected chi connectivity index (χ2v) is 5.03. The lowest BCUT2D eigenvalue weighted by Crippen LogP contribution is -2.41. The predicted molar refractivity (Wildman–Crippen MR) is 72.4 cm³/mol. The van der Waals surface area contributed by atoms with Crippen molar-refractivity contribution in [3.63, 3.8) is 0 Å². The summed E-state index contributed by atoms with van der Waals surface area (Å²) < 4.78 is 24.8. The van der Waals surface area contributed by atoms with E-state index in [0.29, 0.717) is 35.6 Å². The number of methoxy groups -OCH3 is 1. The smallest absolute Gasteiger partial charge is 0.257 e.